The number of nitrogens with two attached hydrogens (primary N) is 1. The summed E-state index contributed by atoms with van der Waals surface area (Å²) in [6, 6.07) is 8.70. The van der Waals surface area contributed by atoms with Gasteiger partial charge < -0.3 is 11.1 Å². The van der Waals surface area contributed by atoms with Crippen molar-refractivity contribution in [3.8, 4) is 0 Å². The topological polar surface area (TPSA) is 55.1 Å². The third kappa shape index (κ3) is 3.50. The maximum atomic E-state index is 13.6. The molecule has 120 valence electrons. The number of fused-ring (bicyclic) bond motifs is 1. The number of aryl methyl sites for hydroxylation is 1. The third-order valence-corrected chi connectivity index (χ3v) is 4.18. The Bertz CT molecular complexity index is 746. The second-order valence-corrected chi connectivity index (χ2v) is 5.88. The summed E-state index contributed by atoms with van der Waals surface area (Å²) >= 11 is 0. The molecule has 5 heteroatoms. The molecule has 1 amide bonds. The molecular weight excluding hydrogens is 298 g/mol. The Morgan fingerprint density at radius 1 is 1.22 bits per heavy atom. The van der Waals surface area contributed by atoms with E-state index in [0.717, 1.165) is 48.6 Å². The summed E-state index contributed by atoms with van der Waals surface area (Å²) < 4.78 is 26.8. The molecule has 0 aliphatic heterocycles. The number of benzene rings is 2. The smallest absolute Gasteiger partial charge is 0.225 e. The first-order valence-electron chi connectivity index (χ1n) is 7.64. The van der Waals surface area contributed by atoms with Gasteiger partial charge in [0.25, 0.3) is 0 Å². The molecule has 23 heavy (non-hydrogen) atoms. The fraction of sp³-hybridized carbons (Fsp3) is 0.278. The van der Waals surface area contributed by atoms with E-state index < -0.39 is 11.6 Å². The molecular formula is C18H18F2N2O. The molecule has 0 bridgehead atoms. The van der Waals surface area contributed by atoms with Gasteiger partial charge in [-0.05, 0) is 60.7 Å². The highest BCUT2D eigenvalue weighted by Crippen LogP contribution is 2.31. The maximum absolute atomic E-state index is 13.6. The minimum Gasteiger partial charge on any atom is -0.399 e. The second kappa shape index (κ2) is 6.36. The van der Waals surface area contributed by atoms with Gasteiger partial charge in [-0.2, -0.15) is 0 Å². The van der Waals surface area contributed by atoms with Gasteiger partial charge >= 0.3 is 0 Å². The lowest BCUT2D eigenvalue weighted by atomic mass is 9.87. The first-order chi connectivity index (χ1) is 11.0. The number of anilines is 1. The van der Waals surface area contributed by atoms with Crippen LogP contribution in [0.4, 0.5) is 14.5 Å². The summed E-state index contributed by atoms with van der Waals surface area (Å²) in [5.74, 6) is -1.43. The van der Waals surface area contributed by atoms with Gasteiger partial charge in [-0.15, -0.1) is 0 Å². The van der Waals surface area contributed by atoms with Crippen LogP contribution in [-0.2, 0) is 17.6 Å². The van der Waals surface area contributed by atoms with Crippen LogP contribution < -0.4 is 11.1 Å². The fourth-order valence-electron chi connectivity index (χ4n) is 3.08. The summed E-state index contributed by atoms with van der Waals surface area (Å²) in [5.41, 5.74) is 8.76. The van der Waals surface area contributed by atoms with E-state index in [0.29, 0.717) is 5.69 Å². The predicted octanol–water partition coefficient (Wildman–Crippen LogP) is 3.28. The number of nitrogens with one attached hydrogen (secondary N) is 1. The third-order valence-electron chi connectivity index (χ3n) is 4.18. The van der Waals surface area contributed by atoms with Crippen molar-refractivity contribution in [2.45, 2.75) is 31.7 Å². The number of rotatable bonds is 3. The van der Waals surface area contributed by atoms with Gasteiger partial charge in [-0.3, -0.25) is 4.79 Å². The van der Waals surface area contributed by atoms with Crippen molar-refractivity contribution in [1.82, 2.24) is 5.32 Å². The van der Waals surface area contributed by atoms with Gasteiger partial charge in [-0.1, -0.05) is 6.07 Å². The molecule has 0 spiro atoms. The molecule has 0 aromatic heterocycles. The SMILES string of the molecule is Nc1ccc2c(c1)CCCC2NC(=O)Cc1cc(F)ccc1F. The summed E-state index contributed by atoms with van der Waals surface area (Å²) in [6.45, 7) is 0. The molecule has 3 N–H and O–H groups in total. The number of carbonyl (C=O) groups excluding carboxylic acids is 1. The van der Waals surface area contributed by atoms with E-state index in [4.69, 9.17) is 5.73 Å². The minimum atomic E-state index is -0.571. The Kier molecular flexibility index (Phi) is 4.28. The zero-order valence-electron chi connectivity index (χ0n) is 12.6. The lowest BCUT2D eigenvalue weighted by Crippen LogP contribution is -2.32. The zero-order valence-corrected chi connectivity index (χ0v) is 12.6. The normalized spacial score (nSPS) is 16.7. The van der Waals surface area contributed by atoms with E-state index in [1.165, 1.54) is 0 Å². The Morgan fingerprint density at radius 3 is 2.87 bits per heavy atom. The molecule has 1 aliphatic rings. The standard InChI is InChI=1S/C18H18F2N2O/c19-13-4-7-16(20)12(8-13)10-18(23)22-17-3-1-2-11-9-14(21)5-6-15(11)17/h4-9,17H,1-3,10,21H2,(H,22,23). The van der Waals surface area contributed by atoms with Crippen LogP contribution in [-0.4, -0.2) is 5.91 Å². The molecule has 3 nitrogen and oxygen atoms in total. The molecule has 1 atom stereocenters. The van der Waals surface area contributed by atoms with E-state index in [9.17, 15) is 13.6 Å². The number of hydrogen-bond acceptors (Lipinski definition) is 2. The monoisotopic (exact) mass is 316 g/mol. The molecule has 0 saturated heterocycles. The molecule has 0 radical (unpaired) electrons. The minimum absolute atomic E-state index is 0.0656. The van der Waals surface area contributed by atoms with Crippen molar-refractivity contribution in [1.29, 1.82) is 0 Å². The summed E-state index contributed by atoms with van der Waals surface area (Å²) in [5, 5.41) is 2.92. The van der Waals surface area contributed by atoms with E-state index >= 15 is 0 Å². The lowest BCUT2D eigenvalue weighted by molar-refractivity contribution is -0.121. The van der Waals surface area contributed by atoms with Gasteiger partial charge in [0.1, 0.15) is 11.6 Å². The van der Waals surface area contributed by atoms with Crippen molar-refractivity contribution in [2.24, 2.45) is 0 Å². The van der Waals surface area contributed by atoms with Crippen molar-refractivity contribution >= 4 is 11.6 Å². The Morgan fingerprint density at radius 2 is 2.04 bits per heavy atom. The van der Waals surface area contributed by atoms with Crippen LogP contribution in [0, 0.1) is 11.6 Å². The highest BCUT2D eigenvalue weighted by atomic mass is 19.1. The van der Waals surface area contributed by atoms with Crippen LogP contribution in [0.5, 0.6) is 0 Å². The number of halogens is 2. The van der Waals surface area contributed by atoms with Gasteiger partial charge in [0.05, 0.1) is 12.5 Å². The number of nitrogen functional groups attached to an aromatic ring is 1. The van der Waals surface area contributed by atoms with Crippen molar-refractivity contribution in [3.05, 3.63) is 64.7 Å². The van der Waals surface area contributed by atoms with Crippen LogP contribution in [0.1, 0.15) is 35.6 Å². The Balaban J connectivity index is 1.73. The molecule has 3 rings (SSSR count). The van der Waals surface area contributed by atoms with Crippen LogP contribution in [0.2, 0.25) is 0 Å². The summed E-state index contributed by atoms with van der Waals surface area (Å²) in [4.78, 5) is 12.2. The number of carbonyl (C=O) groups is 1. The summed E-state index contributed by atoms with van der Waals surface area (Å²) in [6.07, 6.45) is 2.54. The number of hydrogen-bond donors (Lipinski definition) is 2. The zero-order chi connectivity index (χ0) is 16.4. The van der Waals surface area contributed by atoms with Crippen molar-refractivity contribution < 1.29 is 13.6 Å². The van der Waals surface area contributed by atoms with Crippen molar-refractivity contribution in [3.63, 3.8) is 0 Å². The molecule has 0 saturated carbocycles. The van der Waals surface area contributed by atoms with Gasteiger partial charge in [0.2, 0.25) is 5.91 Å². The van der Waals surface area contributed by atoms with E-state index in [1.807, 2.05) is 18.2 Å². The Hall–Kier alpha value is -2.43. The summed E-state index contributed by atoms with van der Waals surface area (Å²) in [7, 11) is 0. The van der Waals surface area contributed by atoms with E-state index in [2.05, 4.69) is 5.32 Å². The average molecular weight is 316 g/mol. The maximum Gasteiger partial charge on any atom is 0.225 e. The molecule has 0 fully saturated rings. The highest BCUT2D eigenvalue weighted by Gasteiger charge is 2.22. The van der Waals surface area contributed by atoms with Crippen LogP contribution in [0.25, 0.3) is 0 Å². The van der Waals surface area contributed by atoms with Crippen LogP contribution in [0.15, 0.2) is 36.4 Å². The second-order valence-electron chi connectivity index (χ2n) is 5.88. The van der Waals surface area contributed by atoms with Crippen molar-refractivity contribution in [2.75, 3.05) is 5.73 Å². The predicted molar refractivity (Wildman–Crippen MR) is 84.7 cm³/mol. The molecule has 2 aromatic carbocycles. The first-order valence-corrected chi connectivity index (χ1v) is 7.64. The molecule has 1 aliphatic carbocycles. The molecule has 1 unspecified atom stereocenters. The van der Waals surface area contributed by atoms with Crippen LogP contribution in [0.3, 0.4) is 0 Å². The van der Waals surface area contributed by atoms with E-state index in [-0.39, 0.29) is 23.9 Å². The molecule has 2 aromatic rings. The quantitative estimate of drug-likeness (QED) is 0.854. The lowest BCUT2D eigenvalue weighted by Gasteiger charge is -2.26. The van der Waals surface area contributed by atoms with Gasteiger partial charge in [0.15, 0.2) is 0 Å². The van der Waals surface area contributed by atoms with Gasteiger partial charge in [-0.25, -0.2) is 8.78 Å². The first kappa shape index (κ1) is 15.5. The fourth-order valence-corrected chi connectivity index (χ4v) is 3.08. The van der Waals surface area contributed by atoms with Crippen LogP contribution >= 0.6 is 0 Å². The average Bonchev–Trinajstić information content (AvgIpc) is 2.51. The van der Waals surface area contributed by atoms with Gasteiger partial charge in [0, 0.05) is 11.3 Å². The van der Waals surface area contributed by atoms with E-state index in [1.54, 1.807) is 0 Å². The highest BCUT2D eigenvalue weighted by molar-refractivity contribution is 5.79. The number of amides is 1. The largest absolute Gasteiger partial charge is 0.399 e. The Labute approximate surface area is 133 Å². The molecule has 0 heterocycles.